The molecule has 1 heterocycles. The van der Waals surface area contributed by atoms with Crippen LogP contribution >= 0.6 is 0 Å². The average molecular weight is 321 g/mol. The third-order valence-electron chi connectivity index (χ3n) is 5.30. The van der Waals surface area contributed by atoms with Gasteiger partial charge >= 0.3 is 8.72 Å². The first-order chi connectivity index (χ1) is 10.8. The largest absolute Gasteiger partial charge is 0.430 e. The lowest BCUT2D eigenvalue weighted by Gasteiger charge is -2.46. The third kappa shape index (κ3) is 2.95. The van der Waals surface area contributed by atoms with Gasteiger partial charge in [-0.15, -0.1) is 0 Å². The fraction of sp³-hybridized carbons (Fsp3) is 0.647. The smallest absolute Gasteiger partial charge is 0.386 e. The third-order valence-corrected chi connectivity index (χ3v) is 9.41. The predicted molar refractivity (Wildman–Crippen MR) is 92.2 cm³/mol. The number of para-hydroxylation sites is 1. The fourth-order valence-electron chi connectivity index (χ4n) is 4.14. The van der Waals surface area contributed by atoms with Crippen molar-refractivity contribution in [2.45, 2.75) is 31.2 Å². The first-order valence-corrected chi connectivity index (χ1v) is 10.3. The Morgan fingerprint density at radius 3 is 2.05 bits per heavy atom. The van der Waals surface area contributed by atoms with Gasteiger partial charge in [-0.25, -0.2) is 0 Å². The van der Waals surface area contributed by atoms with Crippen molar-refractivity contribution in [3.05, 3.63) is 30.3 Å². The molecular weight excluding hydrogens is 292 g/mol. The van der Waals surface area contributed by atoms with Gasteiger partial charge in [0.25, 0.3) is 0 Å². The molecule has 4 nitrogen and oxygen atoms in total. The van der Waals surface area contributed by atoms with Crippen molar-refractivity contribution in [2.24, 2.45) is 0 Å². The molecule has 0 radical (unpaired) electrons. The number of benzene rings is 1. The molecule has 0 aromatic heterocycles. The molecule has 1 saturated carbocycles. The summed E-state index contributed by atoms with van der Waals surface area (Å²) >= 11 is 0. The minimum Gasteiger partial charge on any atom is -0.386 e. The Bertz CT molecular complexity index is 453. The summed E-state index contributed by atoms with van der Waals surface area (Å²) in [5, 5.41) is 0. The molecule has 1 aromatic rings. The molecule has 1 saturated heterocycles. The summed E-state index contributed by atoms with van der Waals surface area (Å²) in [6, 6.07) is 10.7. The van der Waals surface area contributed by atoms with Crippen molar-refractivity contribution in [1.29, 1.82) is 0 Å². The zero-order valence-electron chi connectivity index (χ0n) is 13.8. The van der Waals surface area contributed by atoms with Crippen molar-refractivity contribution >= 4 is 14.4 Å². The van der Waals surface area contributed by atoms with Crippen LogP contribution in [0.15, 0.2) is 30.3 Å². The SMILES string of the molecule is CO[Si](OC)(C1CCCC1)N1CCN(c2ccccc2)CC1. The number of hydrogen-bond acceptors (Lipinski definition) is 4. The Labute approximate surface area is 135 Å². The highest BCUT2D eigenvalue weighted by Crippen LogP contribution is 2.41. The van der Waals surface area contributed by atoms with Crippen LogP contribution in [0, 0.1) is 0 Å². The molecule has 1 aliphatic carbocycles. The van der Waals surface area contributed by atoms with Gasteiger partial charge < -0.3 is 13.8 Å². The molecule has 2 aliphatic rings. The van der Waals surface area contributed by atoms with Gasteiger partial charge in [-0.2, -0.15) is 0 Å². The molecular formula is C17H28N2O2Si. The zero-order chi connectivity index (χ0) is 15.4. The Balaban J connectivity index is 1.68. The maximum atomic E-state index is 6.08. The van der Waals surface area contributed by atoms with Crippen LogP contribution in [-0.4, -0.2) is 53.7 Å². The first kappa shape index (κ1) is 16.0. The van der Waals surface area contributed by atoms with Gasteiger partial charge in [0.2, 0.25) is 0 Å². The highest BCUT2D eigenvalue weighted by atomic mass is 28.4. The predicted octanol–water partition coefficient (Wildman–Crippen LogP) is 2.98. The van der Waals surface area contributed by atoms with Crippen molar-refractivity contribution in [2.75, 3.05) is 45.3 Å². The molecule has 22 heavy (non-hydrogen) atoms. The molecule has 0 spiro atoms. The lowest BCUT2D eigenvalue weighted by molar-refractivity contribution is 0.145. The maximum Gasteiger partial charge on any atom is 0.430 e. The molecule has 0 bridgehead atoms. The van der Waals surface area contributed by atoms with E-state index in [1.807, 2.05) is 14.2 Å². The molecule has 0 amide bonds. The first-order valence-electron chi connectivity index (χ1n) is 8.45. The second-order valence-electron chi connectivity index (χ2n) is 6.33. The number of rotatable bonds is 5. The summed E-state index contributed by atoms with van der Waals surface area (Å²) in [6.07, 6.45) is 5.20. The second-order valence-corrected chi connectivity index (χ2v) is 9.86. The number of hydrogen-bond donors (Lipinski definition) is 0. The van der Waals surface area contributed by atoms with E-state index in [1.54, 1.807) is 0 Å². The summed E-state index contributed by atoms with van der Waals surface area (Å²) < 4.78 is 14.7. The summed E-state index contributed by atoms with van der Waals surface area (Å²) in [4.78, 5) is 2.47. The van der Waals surface area contributed by atoms with Crippen LogP contribution in [0.2, 0.25) is 5.54 Å². The Kier molecular flexibility index (Phi) is 5.18. The standard InChI is InChI=1S/C17H28N2O2Si/c1-20-22(21-2,17-10-6-7-11-17)19-14-12-18(13-15-19)16-8-4-3-5-9-16/h3-5,8-9,17H,6-7,10-15H2,1-2H3. The van der Waals surface area contributed by atoms with E-state index in [0.717, 1.165) is 26.2 Å². The topological polar surface area (TPSA) is 24.9 Å². The molecule has 0 unspecified atom stereocenters. The van der Waals surface area contributed by atoms with Crippen molar-refractivity contribution in [3.63, 3.8) is 0 Å². The normalized spacial score (nSPS) is 21.5. The van der Waals surface area contributed by atoms with E-state index in [-0.39, 0.29) is 0 Å². The van der Waals surface area contributed by atoms with E-state index < -0.39 is 8.72 Å². The molecule has 0 N–H and O–H groups in total. The van der Waals surface area contributed by atoms with E-state index in [2.05, 4.69) is 39.8 Å². The maximum absolute atomic E-state index is 6.08. The molecule has 5 heteroatoms. The number of nitrogens with zero attached hydrogens (tertiary/aromatic N) is 2. The second kappa shape index (κ2) is 7.13. The molecule has 0 atom stereocenters. The van der Waals surface area contributed by atoms with Crippen molar-refractivity contribution < 1.29 is 8.85 Å². The highest BCUT2D eigenvalue weighted by Gasteiger charge is 2.52. The molecule has 2 fully saturated rings. The zero-order valence-corrected chi connectivity index (χ0v) is 14.8. The fourth-order valence-corrected chi connectivity index (χ4v) is 7.97. The van der Waals surface area contributed by atoms with Crippen LogP contribution in [0.4, 0.5) is 5.69 Å². The van der Waals surface area contributed by atoms with E-state index >= 15 is 0 Å². The van der Waals surface area contributed by atoms with Crippen LogP contribution in [0.3, 0.4) is 0 Å². The molecule has 122 valence electrons. The molecule has 1 aliphatic heterocycles. The quantitative estimate of drug-likeness (QED) is 0.779. The van der Waals surface area contributed by atoms with Crippen LogP contribution in [0.25, 0.3) is 0 Å². The lowest BCUT2D eigenvalue weighted by atomic mass is 10.2. The monoisotopic (exact) mass is 320 g/mol. The van der Waals surface area contributed by atoms with E-state index in [4.69, 9.17) is 8.85 Å². The lowest BCUT2D eigenvalue weighted by Crippen LogP contribution is -2.65. The van der Waals surface area contributed by atoms with Gasteiger partial charge in [-0.3, -0.25) is 4.57 Å². The summed E-state index contributed by atoms with van der Waals surface area (Å²) in [5.41, 5.74) is 1.95. The van der Waals surface area contributed by atoms with Gasteiger partial charge in [0, 0.05) is 51.6 Å². The summed E-state index contributed by atoms with van der Waals surface area (Å²) in [7, 11) is 1.48. The number of anilines is 1. The Morgan fingerprint density at radius 2 is 1.50 bits per heavy atom. The van der Waals surface area contributed by atoms with Crippen LogP contribution in [-0.2, 0) is 8.85 Å². The van der Waals surface area contributed by atoms with Gasteiger partial charge in [-0.1, -0.05) is 31.0 Å². The minimum atomic E-state index is -2.23. The van der Waals surface area contributed by atoms with Crippen LogP contribution in [0.5, 0.6) is 0 Å². The van der Waals surface area contributed by atoms with Gasteiger partial charge in [0.1, 0.15) is 0 Å². The summed E-state index contributed by atoms with van der Waals surface area (Å²) in [5.74, 6) is 0. The summed E-state index contributed by atoms with van der Waals surface area (Å²) in [6.45, 7) is 4.19. The van der Waals surface area contributed by atoms with Gasteiger partial charge in [0.15, 0.2) is 0 Å². The van der Waals surface area contributed by atoms with Gasteiger partial charge in [0.05, 0.1) is 0 Å². The van der Waals surface area contributed by atoms with Crippen molar-refractivity contribution in [3.8, 4) is 0 Å². The van der Waals surface area contributed by atoms with Crippen LogP contribution in [0.1, 0.15) is 25.7 Å². The highest BCUT2D eigenvalue weighted by molar-refractivity contribution is 6.66. The average Bonchev–Trinajstić information content (AvgIpc) is 3.13. The van der Waals surface area contributed by atoms with Crippen LogP contribution < -0.4 is 4.90 Å². The Morgan fingerprint density at radius 1 is 0.909 bits per heavy atom. The van der Waals surface area contributed by atoms with Crippen molar-refractivity contribution in [1.82, 2.24) is 4.57 Å². The van der Waals surface area contributed by atoms with E-state index in [1.165, 1.54) is 31.4 Å². The van der Waals surface area contributed by atoms with Gasteiger partial charge in [-0.05, 0) is 25.0 Å². The molecule has 3 rings (SSSR count). The minimum absolute atomic E-state index is 0.630. The number of piperazine rings is 1. The van der Waals surface area contributed by atoms with E-state index in [9.17, 15) is 0 Å². The molecule has 1 aromatic carbocycles. The Hall–Kier alpha value is -0.883. The van der Waals surface area contributed by atoms with E-state index in [0.29, 0.717) is 5.54 Å².